The normalized spacial score (nSPS) is 22.7. The number of rotatable bonds is 3. The lowest BCUT2D eigenvalue weighted by molar-refractivity contribution is -0.111. The highest BCUT2D eigenvalue weighted by Gasteiger charge is 2.26. The number of hydrogen-bond donors (Lipinski definition) is 0. The Morgan fingerprint density at radius 3 is 2.88 bits per heavy atom. The maximum atomic E-state index is 11.2. The summed E-state index contributed by atoms with van der Waals surface area (Å²) in [6.45, 7) is 1.47. The lowest BCUT2D eigenvalue weighted by Crippen LogP contribution is -2.24. The number of aldehydes is 1. The number of hydrogen-bond acceptors (Lipinski definition) is 2. The molecule has 1 aromatic carbocycles. The molecule has 1 aliphatic heterocycles. The molecule has 1 saturated heterocycles. The Morgan fingerprint density at radius 1 is 1.44 bits per heavy atom. The van der Waals surface area contributed by atoms with Gasteiger partial charge in [-0.05, 0) is 30.4 Å². The second kappa shape index (κ2) is 5.46. The molecule has 1 fully saturated rings. The Labute approximate surface area is 101 Å². The molecule has 1 heterocycles. The molecule has 2 nitrogen and oxygen atoms in total. The quantitative estimate of drug-likeness (QED) is 0.757. The molecule has 86 valence electrons. The zero-order valence-electron chi connectivity index (χ0n) is 9.06. The summed E-state index contributed by atoms with van der Waals surface area (Å²) < 4.78 is 5.42. The zero-order valence-corrected chi connectivity index (χ0v) is 9.82. The van der Waals surface area contributed by atoms with E-state index < -0.39 is 0 Å². The molecule has 0 aliphatic carbocycles. The molecule has 0 radical (unpaired) electrons. The van der Waals surface area contributed by atoms with E-state index in [1.54, 1.807) is 0 Å². The first-order valence-electron chi connectivity index (χ1n) is 5.60. The monoisotopic (exact) mass is 238 g/mol. The van der Waals surface area contributed by atoms with Crippen LogP contribution < -0.4 is 0 Å². The molecule has 0 bridgehead atoms. The highest BCUT2D eigenvalue weighted by atomic mass is 35.5. The Hall–Kier alpha value is -0.860. The van der Waals surface area contributed by atoms with Gasteiger partial charge < -0.3 is 9.53 Å². The third-order valence-corrected chi connectivity index (χ3v) is 3.46. The predicted octanol–water partition coefficient (Wildman–Crippen LogP) is 3.05. The molecule has 0 amide bonds. The first kappa shape index (κ1) is 11.6. The van der Waals surface area contributed by atoms with Gasteiger partial charge in [0.15, 0.2) is 0 Å². The summed E-state index contributed by atoms with van der Waals surface area (Å²) in [7, 11) is 0. The Morgan fingerprint density at radius 2 is 2.25 bits per heavy atom. The van der Waals surface area contributed by atoms with E-state index in [9.17, 15) is 4.79 Å². The fourth-order valence-corrected chi connectivity index (χ4v) is 2.49. The topological polar surface area (TPSA) is 26.3 Å². The SMILES string of the molecule is O=CC(c1ccccc1Cl)C1CCCOC1. The third kappa shape index (κ3) is 2.45. The van der Waals surface area contributed by atoms with Crippen molar-refractivity contribution in [2.75, 3.05) is 13.2 Å². The van der Waals surface area contributed by atoms with Crippen LogP contribution in [0.15, 0.2) is 24.3 Å². The minimum atomic E-state index is -0.131. The van der Waals surface area contributed by atoms with Crippen molar-refractivity contribution < 1.29 is 9.53 Å². The molecule has 2 rings (SSSR count). The van der Waals surface area contributed by atoms with Crippen molar-refractivity contribution in [3.05, 3.63) is 34.9 Å². The van der Waals surface area contributed by atoms with Crippen LogP contribution in [0.4, 0.5) is 0 Å². The van der Waals surface area contributed by atoms with Gasteiger partial charge in [-0.2, -0.15) is 0 Å². The van der Waals surface area contributed by atoms with E-state index in [-0.39, 0.29) is 11.8 Å². The fourth-order valence-electron chi connectivity index (χ4n) is 2.23. The molecule has 0 saturated carbocycles. The van der Waals surface area contributed by atoms with Crippen LogP contribution in [0.1, 0.15) is 24.3 Å². The highest BCUT2D eigenvalue weighted by Crippen LogP contribution is 2.33. The molecule has 0 N–H and O–H groups in total. The standard InChI is InChI=1S/C13H15ClO2/c14-13-6-2-1-5-11(13)12(8-15)10-4-3-7-16-9-10/h1-2,5-6,8,10,12H,3-4,7,9H2. The molecule has 1 aliphatic rings. The summed E-state index contributed by atoms with van der Waals surface area (Å²) in [5.41, 5.74) is 0.926. The van der Waals surface area contributed by atoms with Gasteiger partial charge in [-0.1, -0.05) is 29.8 Å². The van der Waals surface area contributed by atoms with Crippen LogP contribution in [0.5, 0.6) is 0 Å². The Kier molecular flexibility index (Phi) is 3.97. The summed E-state index contributed by atoms with van der Waals surface area (Å²) in [4.78, 5) is 11.2. The van der Waals surface area contributed by atoms with Gasteiger partial charge in [0.1, 0.15) is 6.29 Å². The summed E-state index contributed by atoms with van der Waals surface area (Å²) in [5, 5.41) is 0.671. The zero-order chi connectivity index (χ0) is 11.4. The van der Waals surface area contributed by atoms with Gasteiger partial charge in [-0.3, -0.25) is 0 Å². The largest absolute Gasteiger partial charge is 0.381 e. The van der Waals surface area contributed by atoms with E-state index >= 15 is 0 Å². The van der Waals surface area contributed by atoms with E-state index in [2.05, 4.69) is 0 Å². The molecule has 0 aromatic heterocycles. The van der Waals surface area contributed by atoms with Crippen molar-refractivity contribution in [2.24, 2.45) is 5.92 Å². The average Bonchev–Trinajstić information content (AvgIpc) is 2.34. The average molecular weight is 239 g/mol. The van der Waals surface area contributed by atoms with Crippen LogP contribution >= 0.6 is 11.6 Å². The van der Waals surface area contributed by atoms with E-state index in [1.807, 2.05) is 24.3 Å². The van der Waals surface area contributed by atoms with Crippen LogP contribution in [-0.2, 0) is 9.53 Å². The molecule has 1 aromatic rings. The fraction of sp³-hybridized carbons (Fsp3) is 0.462. The van der Waals surface area contributed by atoms with Crippen LogP contribution in [0.2, 0.25) is 5.02 Å². The number of carbonyl (C=O) groups is 1. The van der Waals surface area contributed by atoms with Gasteiger partial charge in [0.2, 0.25) is 0 Å². The number of halogens is 1. The first-order chi connectivity index (χ1) is 7.83. The molecule has 0 spiro atoms. The molecular formula is C13H15ClO2. The van der Waals surface area contributed by atoms with Gasteiger partial charge in [0.05, 0.1) is 6.61 Å². The van der Waals surface area contributed by atoms with E-state index in [0.29, 0.717) is 11.6 Å². The molecule has 2 atom stereocenters. The highest BCUT2D eigenvalue weighted by molar-refractivity contribution is 6.31. The van der Waals surface area contributed by atoms with Gasteiger partial charge in [-0.25, -0.2) is 0 Å². The Bertz CT molecular complexity index is 359. The van der Waals surface area contributed by atoms with Crippen molar-refractivity contribution in [1.29, 1.82) is 0 Å². The lowest BCUT2D eigenvalue weighted by atomic mass is 9.84. The second-order valence-corrected chi connectivity index (χ2v) is 4.57. The molecule has 3 heteroatoms. The van der Waals surface area contributed by atoms with Crippen molar-refractivity contribution in [1.82, 2.24) is 0 Å². The van der Waals surface area contributed by atoms with Crippen molar-refractivity contribution in [2.45, 2.75) is 18.8 Å². The maximum absolute atomic E-state index is 11.2. The van der Waals surface area contributed by atoms with Crippen LogP contribution in [0, 0.1) is 5.92 Å². The van der Waals surface area contributed by atoms with Gasteiger partial charge in [-0.15, -0.1) is 0 Å². The molecular weight excluding hydrogens is 224 g/mol. The number of benzene rings is 1. The first-order valence-corrected chi connectivity index (χ1v) is 5.98. The van der Waals surface area contributed by atoms with Crippen LogP contribution in [-0.4, -0.2) is 19.5 Å². The number of ether oxygens (including phenoxy) is 1. The Balaban J connectivity index is 2.21. The summed E-state index contributed by atoms with van der Waals surface area (Å²) >= 11 is 6.12. The van der Waals surface area contributed by atoms with E-state index in [0.717, 1.165) is 31.3 Å². The van der Waals surface area contributed by atoms with Crippen molar-refractivity contribution >= 4 is 17.9 Å². The third-order valence-electron chi connectivity index (χ3n) is 3.11. The van der Waals surface area contributed by atoms with Crippen LogP contribution in [0.25, 0.3) is 0 Å². The summed E-state index contributed by atoms with van der Waals surface area (Å²) in [6, 6.07) is 7.56. The molecule has 16 heavy (non-hydrogen) atoms. The minimum Gasteiger partial charge on any atom is -0.381 e. The van der Waals surface area contributed by atoms with Crippen molar-refractivity contribution in [3.8, 4) is 0 Å². The van der Waals surface area contributed by atoms with Gasteiger partial charge >= 0.3 is 0 Å². The smallest absolute Gasteiger partial charge is 0.127 e. The molecule has 2 unspecified atom stereocenters. The minimum absolute atomic E-state index is 0.131. The number of carbonyl (C=O) groups excluding carboxylic acids is 1. The predicted molar refractivity (Wildman–Crippen MR) is 63.8 cm³/mol. The van der Waals surface area contributed by atoms with E-state index in [1.165, 1.54) is 0 Å². The summed E-state index contributed by atoms with van der Waals surface area (Å²) in [5.74, 6) is 0.139. The van der Waals surface area contributed by atoms with Crippen molar-refractivity contribution in [3.63, 3.8) is 0 Å². The maximum Gasteiger partial charge on any atom is 0.127 e. The van der Waals surface area contributed by atoms with Gasteiger partial charge in [0.25, 0.3) is 0 Å². The van der Waals surface area contributed by atoms with Gasteiger partial charge in [0, 0.05) is 17.5 Å². The van der Waals surface area contributed by atoms with Crippen LogP contribution in [0.3, 0.4) is 0 Å². The lowest BCUT2D eigenvalue weighted by Gasteiger charge is -2.27. The summed E-state index contributed by atoms with van der Waals surface area (Å²) in [6.07, 6.45) is 3.06. The second-order valence-electron chi connectivity index (χ2n) is 4.16. The van der Waals surface area contributed by atoms with E-state index in [4.69, 9.17) is 16.3 Å².